The van der Waals surface area contributed by atoms with E-state index in [1.165, 1.54) is 0 Å². The molecule has 0 heterocycles. The molecule has 0 radical (unpaired) electrons. The Kier molecular flexibility index (Phi) is 4.06. The van der Waals surface area contributed by atoms with E-state index in [2.05, 4.69) is 19.2 Å². The number of amides is 2. The van der Waals surface area contributed by atoms with Crippen molar-refractivity contribution in [2.45, 2.75) is 45.6 Å². The molecule has 0 saturated heterocycles. The number of nitrogens with one attached hydrogen (secondary N) is 1. The van der Waals surface area contributed by atoms with Gasteiger partial charge in [-0.3, -0.25) is 0 Å². The maximum Gasteiger partial charge on any atom is 0.317 e. The second kappa shape index (κ2) is 5.10. The van der Waals surface area contributed by atoms with Gasteiger partial charge in [0.15, 0.2) is 0 Å². The first-order valence-electron chi connectivity index (χ1n) is 5.33. The van der Waals surface area contributed by atoms with E-state index in [4.69, 9.17) is 0 Å². The second-order valence-corrected chi connectivity index (χ2v) is 3.71. The minimum atomic E-state index is 0.131. The molecule has 0 aromatic carbocycles. The summed E-state index contributed by atoms with van der Waals surface area (Å²) in [7, 11) is 0. The van der Waals surface area contributed by atoms with Crippen molar-refractivity contribution in [3.05, 3.63) is 0 Å². The molecule has 0 aromatic rings. The number of hydrogen-bond acceptors (Lipinski definition) is 1. The SMILES string of the molecule is CCCN(CCC)C(=O)NC1CC1. The van der Waals surface area contributed by atoms with Gasteiger partial charge < -0.3 is 10.2 Å². The lowest BCUT2D eigenvalue weighted by atomic mass is 10.4. The van der Waals surface area contributed by atoms with Gasteiger partial charge in [-0.05, 0) is 25.7 Å². The van der Waals surface area contributed by atoms with Crippen molar-refractivity contribution in [2.75, 3.05) is 13.1 Å². The molecule has 1 fully saturated rings. The highest BCUT2D eigenvalue weighted by Gasteiger charge is 2.25. The first-order valence-corrected chi connectivity index (χ1v) is 5.33. The van der Waals surface area contributed by atoms with Gasteiger partial charge in [-0.2, -0.15) is 0 Å². The Labute approximate surface area is 80.5 Å². The molecular weight excluding hydrogens is 164 g/mol. The van der Waals surface area contributed by atoms with Gasteiger partial charge in [-0.1, -0.05) is 13.8 Å². The van der Waals surface area contributed by atoms with E-state index in [0.29, 0.717) is 6.04 Å². The van der Waals surface area contributed by atoms with Gasteiger partial charge in [0.25, 0.3) is 0 Å². The first kappa shape index (κ1) is 10.4. The van der Waals surface area contributed by atoms with Crippen molar-refractivity contribution in [1.29, 1.82) is 0 Å². The predicted molar refractivity (Wildman–Crippen MR) is 53.7 cm³/mol. The highest BCUT2D eigenvalue weighted by atomic mass is 16.2. The Bertz CT molecular complexity index is 160. The number of nitrogens with zero attached hydrogens (tertiary/aromatic N) is 1. The van der Waals surface area contributed by atoms with Gasteiger partial charge in [0.1, 0.15) is 0 Å². The Morgan fingerprint density at radius 2 is 1.85 bits per heavy atom. The molecule has 13 heavy (non-hydrogen) atoms. The van der Waals surface area contributed by atoms with Crippen molar-refractivity contribution in [3.8, 4) is 0 Å². The summed E-state index contributed by atoms with van der Waals surface area (Å²) < 4.78 is 0. The molecule has 2 amide bonds. The molecule has 1 aliphatic rings. The smallest absolute Gasteiger partial charge is 0.317 e. The van der Waals surface area contributed by atoms with Crippen LogP contribution in [0.5, 0.6) is 0 Å². The van der Waals surface area contributed by atoms with Crippen molar-refractivity contribution < 1.29 is 4.79 Å². The Hall–Kier alpha value is -0.730. The van der Waals surface area contributed by atoms with Crippen LogP contribution in [0.15, 0.2) is 0 Å². The summed E-state index contributed by atoms with van der Waals surface area (Å²) in [5.74, 6) is 0. The third-order valence-electron chi connectivity index (χ3n) is 2.18. The fourth-order valence-electron chi connectivity index (χ4n) is 1.35. The Morgan fingerprint density at radius 3 is 2.23 bits per heavy atom. The molecule has 0 unspecified atom stereocenters. The van der Waals surface area contributed by atoms with Gasteiger partial charge >= 0.3 is 6.03 Å². The van der Waals surface area contributed by atoms with Crippen molar-refractivity contribution in [2.24, 2.45) is 0 Å². The average molecular weight is 184 g/mol. The van der Waals surface area contributed by atoms with Gasteiger partial charge in [0, 0.05) is 19.1 Å². The highest BCUT2D eigenvalue weighted by Crippen LogP contribution is 2.18. The van der Waals surface area contributed by atoms with E-state index >= 15 is 0 Å². The molecule has 0 spiro atoms. The van der Waals surface area contributed by atoms with E-state index in [9.17, 15) is 4.79 Å². The van der Waals surface area contributed by atoms with Crippen LogP contribution in [0.4, 0.5) is 4.79 Å². The van der Waals surface area contributed by atoms with E-state index in [1.54, 1.807) is 0 Å². The van der Waals surface area contributed by atoms with E-state index in [0.717, 1.165) is 38.8 Å². The summed E-state index contributed by atoms with van der Waals surface area (Å²) >= 11 is 0. The summed E-state index contributed by atoms with van der Waals surface area (Å²) in [6.45, 7) is 5.97. The third kappa shape index (κ3) is 3.66. The standard InChI is InChI=1S/C10H20N2O/c1-3-7-12(8-4-2)10(13)11-9-5-6-9/h9H,3-8H2,1-2H3,(H,11,13). The topological polar surface area (TPSA) is 32.3 Å². The van der Waals surface area contributed by atoms with E-state index in [1.807, 2.05) is 4.90 Å². The average Bonchev–Trinajstić information content (AvgIpc) is 2.88. The van der Waals surface area contributed by atoms with Crippen LogP contribution in [0.1, 0.15) is 39.5 Å². The van der Waals surface area contributed by atoms with Crippen LogP contribution in [-0.2, 0) is 0 Å². The van der Waals surface area contributed by atoms with Gasteiger partial charge in [-0.25, -0.2) is 4.79 Å². The van der Waals surface area contributed by atoms with Crippen molar-refractivity contribution >= 4 is 6.03 Å². The monoisotopic (exact) mass is 184 g/mol. The summed E-state index contributed by atoms with van der Waals surface area (Å²) in [5, 5.41) is 3.01. The maximum absolute atomic E-state index is 11.6. The molecule has 0 aromatic heterocycles. The Morgan fingerprint density at radius 1 is 1.31 bits per heavy atom. The number of carbonyl (C=O) groups excluding carboxylic acids is 1. The molecule has 0 aliphatic heterocycles. The van der Waals surface area contributed by atoms with Crippen LogP contribution < -0.4 is 5.32 Å². The van der Waals surface area contributed by atoms with Crippen molar-refractivity contribution in [1.82, 2.24) is 10.2 Å². The summed E-state index contributed by atoms with van der Waals surface area (Å²) in [5.41, 5.74) is 0. The van der Waals surface area contributed by atoms with Gasteiger partial charge in [-0.15, -0.1) is 0 Å². The molecule has 1 rings (SSSR count). The minimum absolute atomic E-state index is 0.131. The fourth-order valence-corrected chi connectivity index (χ4v) is 1.35. The molecule has 3 heteroatoms. The van der Waals surface area contributed by atoms with Crippen LogP contribution in [0, 0.1) is 0 Å². The molecule has 1 aliphatic carbocycles. The zero-order chi connectivity index (χ0) is 9.68. The maximum atomic E-state index is 11.6. The molecule has 76 valence electrons. The molecule has 0 bridgehead atoms. The first-order chi connectivity index (χ1) is 6.27. The molecule has 0 atom stereocenters. The van der Waals surface area contributed by atoms with E-state index < -0.39 is 0 Å². The summed E-state index contributed by atoms with van der Waals surface area (Å²) in [4.78, 5) is 13.5. The van der Waals surface area contributed by atoms with Gasteiger partial charge in [0.05, 0.1) is 0 Å². The largest absolute Gasteiger partial charge is 0.335 e. The van der Waals surface area contributed by atoms with E-state index in [-0.39, 0.29) is 6.03 Å². The summed E-state index contributed by atoms with van der Waals surface area (Å²) in [6.07, 6.45) is 4.41. The quantitative estimate of drug-likeness (QED) is 0.696. The van der Waals surface area contributed by atoms with Crippen LogP contribution >= 0.6 is 0 Å². The zero-order valence-electron chi connectivity index (χ0n) is 8.68. The Balaban J connectivity index is 2.27. The third-order valence-corrected chi connectivity index (χ3v) is 2.18. The lowest BCUT2D eigenvalue weighted by molar-refractivity contribution is 0.197. The van der Waals surface area contributed by atoms with Crippen molar-refractivity contribution in [3.63, 3.8) is 0 Å². The highest BCUT2D eigenvalue weighted by molar-refractivity contribution is 5.74. The predicted octanol–water partition coefficient (Wildman–Crippen LogP) is 1.98. The zero-order valence-corrected chi connectivity index (χ0v) is 8.68. The molecule has 3 nitrogen and oxygen atoms in total. The normalized spacial score (nSPS) is 15.5. The van der Waals surface area contributed by atoms with Crippen LogP contribution in [-0.4, -0.2) is 30.1 Å². The molecule has 1 saturated carbocycles. The second-order valence-electron chi connectivity index (χ2n) is 3.71. The van der Waals surface area contributed by atoms with Crippen LogP contribution in [0.25, 0.3) is 0 Å². The molecular formula is C10H20N2O. The molecule has 1 N–H and O–H groups in total. The van der Waals surface area contributed by atoms with Gasteiger partial charge in [0.2, 0.25) is 0 Å². The minimum Gasteiger partial charge on any atom is -0.335 e. The fraction of sp³-hybridized carbons (Fsp3) is 0.900. The number of hydrogen-bond donors (Lipinski definition) is 1. The number of rotatable bonds is 5. The summed E-state index contributed by atoms with van der Waals surface area (Å²) in [6, 6.07) is 0.606. The number of carbonyl (C=O) groups is 1. The lowest BCUT2D eigenvalue weighted by Gasteiger charge is -2.21. The lowest BCUT2D eigenvalue weighted by Crippen LogP contribution is -2.41. The van der Waals surface area contributed by atoms with Crippen LogP contribution in [0.3, 0.4) is 0 Å². The van der Waals surface area contributed by atoms with Crippen LogP contribution in [0.2, 0.25) is 0 Å². The number of urea groups is 1.